The van der Waals surface area contributed by atoms with Crippen LogP contribution < -0.4 is 4.74 Å². The molecule has 0 atom stereocenters. The van der Waals surface area contributed by atoms with Crippen LogP contribution in [0.4, 0.5) is 17.6 Å². The van der Waals surface area contributed by atoms with E-state index >= 15 is 0 Å². The third-order valence-electron chi connectivity index (χ3n) is 4.55. The Morgan fingerprint density at radius 2 is 1.94 bits per heavy atom. The Hall–Kier alpha value is -4.00. The van der Waals surface area contributed by atoms with Crippen molar-refractivity contribution in [2.24, 2.45) is 7.05 Å². The second kappa shape index (κ2) is 7.68. The normalized spacial score (nSPS) is 11.5. The second-order valence-electron chi connectivity index (χ2n) is 6.64. The maximum absolute atomic E-state index is 13.7. The predicted molar refractivity (Wildman–Crippen MR) is 102 cm³/mol. The van der Waals surface area contributed by atoms with Crippen molar-refractivity contribution in [2.45, 2.75) is 12.8 Å². The number of imidazole rings is 1. The fourth-order valence-electron chi connectivity index (χ4n) is 3.07. The first-order valence-electron chi connectivity index (χ1n) is 8.94. The summed E-state index contributed by atoms with van der Waals surface area (Å²) in [5.74, 6) is -1.18. The number of halogens is 4. The Morgan fingerprint density at radius 3 is 2.65 bits per heavy atom. The van der Waals surface area contributed by atoms with Gasteiger partial charge in [-0.1, -0.05) is 6.07 Å². The van der Waals surface area contributed by atoms with Crippen LogP contribution in [0.15, 0.2) is 48.8 Å². The number of hydrogen-bond acceptors (Lipinski definition) is 5. The average Bonchev–Trinajstić information content (AvgIpc) is 3.12. The molecule has 0 N–H and O–H groups in total. The van der Waals surface area contributed by atoms with Crippen LogP contribution in [0.3, 0.4) is 0 Å². The molecule has 0 fully saturated rings. The van der Waals surface area contributed by atoms with Gasteiger partial charge in [0.25, 0.3) is 0 Å². The number of pyridine rings is 2. The average molecular weight is 427 g/mol. The largest absolute Gasteiger partial charge is 0.487 e. The van der Waals surface area contributed by atoms with Gasteiger partial charge >= 0.3 is 6.18 Å². The Kier molecular flexibility index (Phi) is 5.02. The van der Waals surface area contributed by atoms with E-state index in [1.54, 1.807) is 17.7 Å². The Balaban J connectivity index is 1.75. The molecule has 0 spiro atoms. The van der Waals surface area contributed by atoms with Gasteiger partial charge < -0.3 is 9.30 Å². The van der Waals surface area contributed by atoms with Crippen LogP contribution in [0.5, 0.6) is 5.75 Å². The lowest BCUT2D eigenvalue weighted by Crippen LogP contribution is -2.10. The molecule has 0 amide bonds. The predicted octanol–water partition coefficient (Wildman–Crippen LogP) is 4.64. The first kappa shape index (κ1) is 20.3. The molecule has 31 heavy (non-hydrogen) atoms. The van der Waals surface area contributed by atoms with Crippen LogP contribution >= 0.6 is 0 Å². The van der Waals surface area contributed by atoms with Crippen LogP contribution in [0.25, 0.3) is 22.3 Å². The van der Waals surface area contributed by atoms with E-state index in [0.29, 0.717) is 11.0 Å². The van der Waals surface area contributed by atoms with E-state index in [2.05, 4.69) is 15.0 Å². The summed E-state index contributed by atoms with van der Waals surface area (Å²) in [5, 5.41) is 9.35. The third-order valence-corrected chi connectivity index (χ3v) is 4.55. The zero-order chi connectivity index (χ0) is 22.2. The molecular formula is C21H13F4N5O. The third kappa shape index (κ3) is 4.02. The molecule has 0 radical (unpaired) electrons. The molecule has 0 aliphatic heterocycles. The summed E-state index contributed by atoms with van der Waals surface area (Å²) in [5.41, 5.74) is 0.421. The standard InChI is InChI=1S/C21H13F4N5O/c1-30-11-27-20-16(9-26)29-15(8-17(20)30)12-5-6-18(14(7-12)21(23,24)25)31-10-13-3-2-4-19(22)28-13/h2-8,11H,10H2,1H3. The number of ether oxygens (including phenoxy) is 1. The number of aryl methyl sites for hydroxylation is 1. The van der Waals surface area contributed by atoms with Crippen molar-refractivity contribution >= 4 is 11.0 Å². The molecule has 0 bridgehead atoms. The zero-order valence-electron chi connectivity index (χ0n) is 16.0. The summed E-state index contributed by atoms with van der Waals surface area (Å²) in [4.78, 5) is 11.8. The fraction of sp³-hybridized carbons (Fsp3) is 0.143. The van der Waals surface area contributed by atoms with Crippen molar-refractivity contribution in [1.82, 2.24) is 19.5 Å². The molecule has 0 saturated heterocycles. The number of rotatable bonds is 4. The van der Waals surface area contributed by atoms with Gasteiger partial charge in [-0.2, -0.15) is 22.8 Å². The lowest BCUT2D eigenvalue weighted by molar-refractivity contribution is -0.139. The summed E-state index contributed by atoms with van der Waals surface area (Å²) in [6.07, 6.45) is -3.22. The summed E-state index contributed by atoms with van der Waals surface area (Å²) in [6, 6.07) is 10.9. The summed E-state index contributed by atoms with van der Waals surface area (Å²) in [7, 11) is 1.71. The van der Waals surface area contributed by atoms with Crippen molar-refractivity contribution in [3.63, 3.8) is 0 Å². The van der Waals surface area contributed by atoms with Gasteiger partial charge in [0.15, 0.2) is 5.69 Å². The number of nitrogens with zero attached hydrogens (tertiary/aromatic N) is 5. The highest BCUT2D eigenvalue weighted by Crippen LogP contribution is 2.39. The maximum Gasteiger partial charge on any atom is 0.419 e. The molecule has 0 aliphatic carbocycles. The van der Waals surface area contributed by atoms with Crippen molar-refractivity contribution in [1.29, 1.82) is 5.26 Å². The van der Waals surface area contributed by atoms with Crippen molar-refractivity contribution in [2.75, 3.05) is 0 Å². The Morgan fingerprint density at radius 1 is 1.13 bits per heavy atom. The number of fused-ring (bicyclic) bond motifs is 1. The molecule has 156 valence electrons. The van der Waals surface area contributed by atoms with Crippen LogP contribution in [0, 0.1) is 17.3 Å². The molecular weight excluding hydrogens is 414 g/mol. The fourth-order valence-corrected chi connectivity index (χ4v) is 3.07. The van der Waals surface area contributed by atoms with Gasteiger partial charge in [-0.15, -0.1) is 0 Å². The maximum atomic E-state index is 13.7. The molecule has 4 aromatic rings. The van der Waals surface area contributed by atoms with E-state index in [1.165, 1.54) is 30.6 Å². The van der Waals surface area contributed by atoms with Crippen LogP contribution in [0.1, 0.15) is 17.0 Å². The molecule has 0 aliphatic rings. The van der Waals surface area contributed by atoms with Gasteiger partial charge in [0.1, 0.15) is 23.9 Å². The lowest BCUT2D eigenvalue weighted by Gasteiger charge is -2.15. The molecule has 1 aromatic carbocycles. The number of aromatic nitrogens is 4. The highest BCUT2D eigenvalue weighted by molar-refractivity contribution is 5.84. The number of benzene rings is 1. The van der Waals surface area contributed by atoms with Crippen molar-refractivity contribution in [3.05, 3.63) is 71.7 Å². The molecule has 3 heterocycles. The topological polar surface area (TPSA) is 76.6 Å². The van der Waals surface area contributed by atoms with Gasteiger partial charge in [0.05, 0.1) is 28.8 Å². The van der Waals surface area contributed by atoms with E-state index in [-0.39, 0.29) is 29.3 Å². The molecule has 3 aromatic heterocycles. The molecule has 0 saturated carbocycles. The summed E-state index contributed by atoms with van der Waals surface area (Å²) in [6.45, 7) is -0.335. The van der Waals surface area contributed by atoms with Gasteiger partial charge in [-0.05, 0) is 36.4 Å². The van der Waals surface area contributed by atoms with Crippen LogP contribution in [-0.2, 0) is 19.8 Å². The van der Waals surface area contributed by atoms with Gasteiger partial charge in [0, 0.05) is 12.6 Å². The minimum absolute atomic E-state index is 0.0131. The SMILES string of the molecule is Cn1cnc2c(C#N)nc(-c3ccc(OCc4cccc(F)n4)c(C(F)(F)F)c3)cc21. The molecule has 4 rings (SSSR count). The highest BCUT2D eigenvalue weighted by Gasteiger charge is 2.35. The number of alkyl halides is 3. The lowest BCUT2D eigenvalue weighted by atomic mass is 10.1. The highest BCUT2D eigenvalue weighted by atomic mass is 19.4. The van der Waals surface area contributed by atoms with Crippen molar-refractivity contribution in [3.8, 4) is 23.1 Å². The van der Waals surface area contributed by atoms with Crippen LogP contribution in [-0.4, -0.2) is 19.5 Å². The van der Waals surface area contributed by atoms with E-state index in [9.17, 15) is 22.8 Å². The molecule has 6 nitrogen and oxygen atoms in total. The number of nitriles is 1. The Bertz CT molecular complexity index is 1320. The van der Waals surface area contributed by atoms with Crippen LogP contribution in [0.2, 0.25) is 0 Å². The van der Waals surface area contributed by atoms with E-state index in [4.69, 9.17) is 4.74 Å². The van der Waals surface area contributed by atoms with E-state index in [1.807, 2.05) is 6.07 Å². The van der Waals surface area contributed by atoms with E-state index < -0.39 is 23.4 Å². The minimum Gasteiger partial charge on any atom is -0.487 e. The van der Waals surface area contributed by atoms with Gasteiger partial charge in [-0.3, -0.25) is 0 Å². The number of hydrogen-bond donors (Lipinski definition) is 0. The molecule has 0 unspecified atom stereocenters. The monoisotopic (exact) mass is 427 g/mol. The van der Waals surface area contributed by atoms with Gasteiger partial charge in [0.2, 0.25) is 5.95 Å². The van der Waals surface area contributed by atoms with E-state index in [0.717, 1.165) is 12.1 Å². The first-order chi connectivity index (χ1) is 14.8. The minimum atomic E-state index is -4.71. The second-order valence-corrected chi connectivity index (χ2v) is 6.64. The zero-order valence-corrected chi connectivity index (χ0v) is 16.0. The smallest absolute Gasteiger partial charge is 0.419 e. The first-order valence-corrected chi connectivity index (χ1v) is 8.94. The van der Waals surface area contributed by atoms with Crippen molar-refractivity contribution < 1.29 is 22.3 Å². The Labute approximate surface area is 173 Å². The molecule has 10 heteroatoms. The quantitative estimate of drug-likeness (QED) is 0.350. The summed E-state index contributed by atoms with van der Waals surface area (Å²) >= 11 is 0. The van der Waals surface area contributed by atoms with Gasteiger partial charge in [-0.25, -0.2) is 15.0 Å². The summed E-state index contributed by atoms with van der Waals surface area (Å²) < 4.78 is 61.2.